The average molecular weight is 179 g/mol. The molecular formula is C9H13N3O. The summed E-state index contributed by atoms with van der Waals surface area (Å²) in [6.45, 7) is 0. The van der Waals surface area contributed by atoms with Gasteiger partial charge in [0.2, 0.25) is 0 Å². The topological polar surface area (TPSA) is 72.0 Å². The molecule has 2 unspecified atom stereocenters. The molecule has 1 aliphatic carbocycles. The van der Waals surface area contributed by atoms with Gasteiger partial charge in [0, 0.05) is 24.0 Å². The van der Waals surface area contributed by atoms with Crippen molar-refractivity contribution < 1.29 is 5.11 Å². The Kier molecular flexibility index (Phi) is 2.01. The molecule has 0 aliphatic heterocycles. The maximum atomic E-state index is 10.2. The molecule has 4 heteroatoms. The first-order valence-electron chi connectivity index (χ1n) is 4.44. The van der Waals surface area contributed by atoms with Crippen molar-refractivity contribution in [3.05, 3.63) is 24.3 Å². The standard InChI is InChI=1S/C9H13N3O/c10-8-1-2-9(13,3-8)7-4-11-6-12-5-7/h4-6,8,13H,1-3,10H2. The van der Waals surface area contributed by atoms with Crippen molar-refractivity contribution in [3.8, 4) is 0 Å². The van der Waals surface area contributed by atoms with Crippen LogP contribution in [0.25, 0.3) is 0 Å². The van der Waals surface area contributed by atoms with Crippen molar-refractivity contribution >= 4 is 0 Å². The Balaban J connectivity index is 2.26. The molecule has 3 N–H and O–H groups in total. The Labute approximate surface area is 76.8 Å². The van der Waals surface area contributed by atoms with Crippen LogP contribution in [-0.4, -0.2) is 21.1 Å². The molecule has 1 aliphatic rings. The molecule has 4 nitrogen and oxygen atoms in total. The third kappa shape index (κ3) is 1.55. The lowest BCUT2D eigenvalue weighted by Crippen LogP contribution is -2.25. The van der Waals surface area contributed by atoms with Crippen LogP contribution < -0.4 is 5.73 Å². The van der Waals surface area contributed by atoms with Crippen molar-refractivity contribution in [2.24, 2.45) is 5.73 Å². The molecule has 13 heavy (non-hydrogen) atoms. The summed E-state index contributed by atoms with van der Waals surface area (Å²) >= 11 is 0. The number of nitrogens with zero attached hydrogens (tertiary/aromatic N) is 2. The van der Waals surface area contributed by atoms with Gasteiger partial charge in [-0.3, -0.25) is 0 Å². The van der Waals surface area contributed by atoms with E-state index < -0.39 is 5.60 Å². The first-order valence-corrected chi connectivity index (χ1v) is 4.44. The molecule has 0 aromatic carbocycles. The smallest absolute Gasteiger partial charge is 0.115 e. The van der Waals surface area contributed by atoms with Crippen LogP contribution in [0.1, 0.15) is 24.8 Å². The van der Waals surface area contributed by atoms with Crippen molar-refractivity contribution in [1.29, 1.82) is 0 Å². The summed E-state index contributed by atoms with van der Waals surface area (Å²) < 4.78 is 0. The Bertz CT molecular complexity index is 290. The van der Waals surface area contributed by atoms with Crippen molar-refractivity contribution in [3.63, 3.8) is 0 Å². The molecule has 1 saturated carbocycles. The third-order valence-electron chi connectivity index (χ3n) is 2.63. The highest BCUT2D eigenvalue weighted by Crippen LogP contribution is 2.37. The summed E-state index contributed by atoms with van der Waals surface area (Å²) in [6.07, 6.45) is 6.96. The predicted molar refractivity (Wildman–Crippen MR) is 47.8 cm³/mol. The van der Waals surface area contributed by atoms with E-state index in [4.69, 9.17) is 5.73 Å². The van der Waals surface area contributed by atoms with Crippen molar-refractivity contribution in [1.82, 2.24) is 9.97 Å². The highest BCUT2D eigenvalue weighted by molar-refractivity contribution is 5.16. The first kappa shape index (κ1) is 8.59. The molecule has 2 atom stereocenters. The Morgan fingerprint density at radius 3 is 2.69 bits per heavy atom. The quantitative estimate of drug-likeness (QED) is 0.645. The number of hydrogen-bond acceptors (Lipinski definition) is 4. The highest BCUT2D eigenvalue weighted by atomic mass is 16.3. The van der Waals surface area contributed by atoms with Gasteiger partial charge in [0.15, 0.2) is 0 Å². The molecule has 0 amide bonds. The summed E-state index contributed by atoms with van der Waals surface area (Å²) in [5.41, 5.74) is 5.74. The van der Waals surface area contributed by atoms with Crippen LogP contribution >= 0.6 is 0 Å². The minimum absolute atomic E-state index is 0.102. The van der Waals surface area contributed by atoms with E-state index in [0.29, 0.717) is 12.8 Å². The molecule has 1 aromatic rings. The summed E-state index contributed by atoms with van der Waals surface area (Å²) in [6, 6.07) is 0.102. The number of aromatic nitrogens is 2. The fraction of sp³-hybridized carbons (Fsp3) is 0.556. The van der Waals surface area contributed by atoms with Crippen molar-refractivity contribution in [2.75, 3.05) is 0 Å². The largest absolute Gasteiger partial charge is 0.385 e. The predicted octanol–water partition coefficient (Wildman–Crippen LogP) is 0.175. The third-order valence-corrected chi connectivity index (χ3v) is 2.63. The minimum Gasteiger partial charge on any atom is -0.385 e. The van der Waals surface area contributed by atoms with Crippen LogP contribution in [0, 0.1) is 0 Å². The molecule has 0 radical (unpaired) electrons. The van der Waals surface area contributed by atoms with Crippen LogP contribution in [0.4, 0.5) is 0 Å². The Morgan fingerprint density at radius 2 is 2.15 bits per heavy atom. The van der Waals surface area contributed by atoms with Gasteiger partial charge in [0.25, 0.3) is 0 Å². The zero-order chi connectivity index (χ0) is 9.31. The first-order chi connectivity index (χ1) is 6.21. The summed E-state index contributed by atoms with van der Waals surface area (Å²) in [4.78, 5) is 7.78. The average Bonchev–Trinajstić information content (AvgIpc) is 2.49. The highest BCUT2D eigenvalue weighted by Gasteiger charge is 2.37. The second-order valence-electron chi connectivity index (χ2n) is 3.66. The summed E-state index contributed by atoms with van der Waals surface area (Å²) in [5, 5.41) is 10.2. The van der Waals surface area contributed by atoms with E-state index in [1.54, 1.807) is 12.4 Å². The van der Waals surface area contributed by atoms with Crippen molar-refractivity contribution in [2.45, 2.75) is 30.9 Å². The molecule has 1 heterocycles. The molecule has 0 saturated heterocycles. The molecule has 1 aromatic heterocycles. The number of hydrogen-bond donors (Lipinski definition) is 2. The normalized spacial score (nSPS) is 33.5. The van der Waals surface area contributed by atoms with Gasteiger partial charge < -0.3 is 10.8 Å². The van der Waals surface area contributed by atoms with Gasteiger partial charge in [-0.2, -0.15) is 0 Å². The summed E-state index contributed by atoms with van der Waals surface area (Å²) in [7, 11) is 0. The van der Waals surface area contributed by atoms with E-state index in [1.165, 1.54) is 6.33 Å². The van der Waals surface area contributed by atoms with E-state index in [9.17, 15) is 5.11 Å². The van der Waals surface area contributed by atoms with Gasteiger partial charge in [0.05, 0.1) is 5.60 Å². The number of rotatable bonds is 1. The molecule has 0 bridgehead atoms. The SMILES string of the molecule is NC1CCC(O)(c2cncnc2)C1. The zero-order valence-electron chi connectivity index (χ0n) is 7.35. The van der Waals surface area contributed by atoms with E-state index in [0.717, 1.165) is 12.0 Å². The van der Waals surface area contributed by atoms with E-state index in [-0.39, 0.29) is 6.04 Å². The van der Waals surface area contributed by atoms with E-state index in [1.807, 2.05) is 0 Å². The maximum absolute atomic E-state index is 10.2. The number of nitrogens with two attached hydrogens (primary N) is 1. The van der Waals surface area contributed by atoms with Gasteiger partial charge in [-0.25, -0.2) is 9.97 Å². The van der Waals surface area contributed by atoms with Crippen LogP contribution in [0.5, 0.6) is 0 Å². The maximum Gasteiger partial charge on any atom is 0.115 e. The summed E-state index contributed by atoms with van der Waals surface area (Å²) in [5.74, 6) is 0. The lowest BCUT2D eigenvalue weighted by atomic mass is 9.95. The van der Waals surface area contributed by atoms with Crippen LogP contribution in [-0.2, 0) is 5.60 Å². The minimum atomic E-state index is -0.791. The second-order valence-corrected chi connectivity index (χ2v) is 3.66. The monoisotopic (exact) mass is 179 g/mol. The molecule has 0 spiro atoms. The van der Waals surface area contributed by atoms with E-state index in [2.05, 4.69) is 9.97 Å². The Hall–Kier alpha value is -1.00. The second kappa shape index (κ2) is 3.05. The molecule has 2 rings (SSSR count). The molecular weight excluding hydrogens is 166 g/mol. The zero-order valence-corrected chi connectivity index (χ0v) is 7.35. The molecule has 70 valence electrons. The molecule has 1 fully saturated rings. The van der Waals surface area contributed by atoms with Gasteiger partial charge in [0.1, 0.15) is 6.33 Å². The lowest BCUT2D eigenvalue weighted by molar-refractivity contribution is 0.0424. The van der Waals surface area contributed by atoms with Gasteiger partial charge in [-0.15, -0.1) is 0 Å². The van der Waals surface area contributed by atoms with Crippen LogP contribution in [0.3, 0.4) is 0 Å². The lowest BCUT2D eigenvalue weighted by Gasteiger charge is -2.21. The number of aliphatic hydroxyl groups is 1. The van der Waals surface area contributed by atoms with E-state index >= 15 is 0 Å². The van der Waals surface area contributed by atoms with Crippen LogP contribution in [0.2, 0.25) is 0 Å². The Morgan fingerprint density at radius 1 is 1.46 bits per heavy atom. The van der Waals surface area contributed by atoms with Gasteiger partial charge >= 0.3 is 0 Å². The fourth-order valence-electron chi connectivity index (χ4n) is 1.86. The van der Waals surface area contributed by atoms with Gasteiger partial charge in [-0.05, 0) is 19.3 Å². The van der Waals surface area contributed by atoms with Crippen LogP contribution in [0.15, 0.2) is 18.7 Å². The van der Waals surface area contributed by atoms with Gasteiger partial charge in [-0.1, -0.05) is 0 Å². The fourth-order valence-corrected chi connectivity index (χ4v) is 1.86.